The minimum atomic E-state index is -0.446. The minimum absolute atomic E-state index is 0.0723. The summed E-state index contributed by atoms with van der Waals surface area (Å²) in [6.07, 6.45) is 4.96. The fraction of sp³-hybridized carbons (Fsp3) is 0.130. The van der Waals surface area contributed by atoms with Gasteiger partial charge in [0.15, 0.2) is 11.7 Å². The molecule has 0 aliphatic carbocycles. The standard InChI is InChI=1S/C23H19FN4O4/c1-28-14-16(12-26-28)23(30)27-18-6-8-19(9-7-18)31-22(29)11-10-21-25-13-20(32-21)15-2-4-17(24)5-3-15/h2-9,12-14H,10-11H2,1H3,(H,27,30). The molecule has 0 saturated carbocycles. The second kappa shape index (κ2) is 9.25. The van der Waals surface area contributed by atoms with Gasteiger partial charge in [0.1, 0.15) is 11.6 Å². The number of benzene rings is 2. The monoisotopic (exact) mass is 434 g/mol. The molecule has 32 heavy (non-hydrogen) atoms. The number of esters is 1. The maximum Gasteiger partial charge on any atom is 0.311 e. The van der Waals surface area contributed by atoms with Crippen molar-refractivity contribution < 1.29 is 23.1 Å². The average molecular weight is 434 g/mol. The predicted octanol–water partition coefficient (Wildman–Crippen LogP) is 4.00. The van der Waals surface area contributed by atoms with E-state index in [2.05, 4.69) is 15.4 Å². The average Bonchev–Trinajstić information content (AvgIpc) is 3.43. The van der Waals surface area contributed by atoms with Gasteiger partial charge in [-0.2, -0.15) is 5.10 Å². The predicted molar refractivity (Wildman–Crippen MR) is 113 cm³/mol. The highest BCUT2D eigenvalue weighted by molar-refractivity contribution is 6.03. The van der Waals surface area contributed by atoms with Crippen molar-refractivity contribution in [2.24, 2.45) is 7.05 Å². The van der Waals surface area contributed by atoms with Crippen LogP contribution >= 0.6 is 0 Å². The van der Waals surface area contributed by atoms with Crippen LogP contribution in [0.5, 0.6) is 5.75 Å². The lowest BCUT2D eigenvalue weighted by Gasteiger charge is -2.06. The molecule has 8 nitrogen and oxygen atoms in total. The third kappa shape index (κ3) is 5.25. The van der Waals surface area contributed by atoms with Crippen LogP contribution in [0, 0.1) is 5.82 Å². The molecule has 0 saturated heterocycles. The fourth-order valence-electron chi connectivity index (χ4n) is 2.91. The zero-order chi connectivity index (χ0) is 22.5. The van der Waals surface area contributed by atoms with E-state index in [1.807, 2.05) is 0 Å². The van der Waals surface area contributed by atoms with Gasteiger partial charge in [-0.15, -0.1) is 0 Å². The molecule has 0 aliphatic heterocycles. The van der Waals surface area contributed by atoms with E-state index in [1.54, 1.807) is 54.3 Å². The first-order valence-electron chi connectivity index (χ1n) is 9.78. The van der Waals surface area contributed by atoms with Gasteiger partial charge < -0.3 is 14.5 Å². The topological polar surface area (TPSA) is 99.2 Å². The number of anilines is 1. The first-order chi connectivity index (χ1) is 15.5. The summed E-state index contributed by atoms with van der Waals surface area (Å²) in [4.78, 5) is 28.4. The number of hydrogen-bond acceptors (Lipinski definition) is 6. The van der Waals surface area contributed by atoms with Crippen LogP contribution in [0.3, 0.4) is 0 Å². The molecule has 0 spiro atoms. The number of ether oxygens (including phenoxy) is 1. The number of aryl methyl sites for hydroxylation is 2. The van der Waals surface area contributed by atoms with Gasteiger partial charge in [0.2, 0.25) is 0 Å². The number of carbonyl (C=O) groups is 2. The van der Waals surface area contributed by atoms with Crippen molar-refractivity contribution in [3.8, 4) is 17.1 Å². The molecule has 1 amide bonds. The van der Waals surface area contributed by atoms with Gasteiger partial charge in [0.25, 0.3) is 5.91 Å². The van der Waals surface area contributed by atoms with Crippen molar-refractivity contribution >= 4 is 17.6 Å². The van der Waals surface area contributed by atoms with Crippen LogP contribution in [-0.2, 0) is 18.3 Å². The number of hydrogen-bond donors (Lipinski definition) is 1. The number of amides is 1. The maximum absolute atomic E-state index is 13.0. The second-order valence-electron chi connectivity index (χ2n) is 6.98. The minimum Gasteiger partial charge on any atom is -0.441 e. The highest BCUT2D eigenvalue weighted by Gasteiger charge is 2.12. The Kier molecular flexibility index (Phi) is 6.07. The Balaban J connectivity index is 1.27. The van der Waals surface area contributed by atoms with Crippen LogP contribution in [0.1, 0.15) is 22.7 Å². The Morgan fingerprint density at radius 3 is 2.53 bits per heavy atom. The number of carbonyl (C=O) groups excluding carboxylic acids is 2. The molecule has 162 valence electrons. The van der Waals surface area contributed by atoms with Crippen molar-refractivity contribution in [3.05, 3.63) is 84.4 Å². The molecule has 1 N–H and O–H groups in total. The van der Waals surface area contributed by atoms with E-state index in [9.17, 15) is 14.0 Å². The Bertz CT molecular complexity index is 1230. The van der Waals surface area contributed by atoms with Gasteiger partial charge in [0.05, 0.1) is 24.4 Å². The lowest BCUT2D eigenvalue weighted by Crippen LogP contribution is -2.11. The van der Waals surface area contributed by atoms with Gasteiger partial charge in [-0.3, -0.25) is 14.3 Å². The molecular weight excluding hydrogens is 415 g/mol. The summed E-state index contributed by atoms with van der Waals surface area (Å²) in [5.41, 5.74) is 1.70. The summed E-state index contributed by atoms with van der Waals surface area (Å²) in [7, 11) is 1.73. The molecule has 0 bridgehead atoms. The number of oxazole rings is 1. The van der Waals surface area contributed by atoms with E-state index in [4.69, 9.17) is 9.15 Å². The van der Waals surface area contributed by atoms with Crippen LogP contribution in [0.4, 0.5) is 10.1 Å². The number of aromatic nitrogens is 3. The van der Waals surface area contributed by atoms with Crippen LogP contribution in [0.2, 0.25) is 0 Å². The lowest BCUT2D eigenvalue weighted by molar-refractivity contribution is -0.134. The summed E-state index contributed by atoms with van der Waals surface area (Å²) in [5, 5.41) is 6.70. The molecule has 2 aromatic carbocycles. The van der Waals surface area contributed by atoms with Crippen molar-refractivity contribution in [3.63, 3.8) is 0 Å². The third-order valence-corrected chi connectivity index (χ3v) is 4.54. The SMILES string of the molecule is Cn1cc(C(=O)Nc2ccc(OC(=O)CCc3ncc(-c4ccc(F)cc4)o3)cc2)cn1. The molecule has 0 fully saturated rings. The van der Waals surface area contributed by atoms with E-state index < -0.39 is 5.97 Å². The van der Waals surface area contributed by atoms with E-state index in [0.29, 0.717) is 34.2 Å². The zero-order valence-corrected chi connectivity index (χ0v) is 17.1. The normalized spacial score (nSPS) is 10.7. The number of rotatable bonds is 7. The van der Waals surface area contributed by atoms with E-state index >= 15 is 0 Å². The van der Waals surface area contributed by atoms with Gasteiger partial charge in [0, 0.05) is 30.9 Å². The molecule has 0 atom stereocenters. The van der Waals surface area contributed by atoms with Crippen LogP contribution in [-0.4, -0.2) is 26.6 Å². The molecule has 0 radical (unpaired) electrons. The Morgan fingerprint density at radius 1 is 1.09 bits per heavy atom. The molecule has 4 rings (SSSR count). The third-order valence-electron chi connectivity index (χ3n) is 4.54. The summed E-state index contributed by atoms with van der Waals surface area (Å²) in [6, 6.07) is 12.3. The Hall–Kier alpha value is -4.27. The van der Waals surface area contributed by atoms with Crippen molar-refractivity contribution in [1.29, 1.82) is 0 Å². The molecular formula is C23H19FN4O4. The Labute approximate surface area is 182 Å². The van der Waals surface area contributed by atoms with Gasteiger partial charge in [-0.1, -0.05) is 0 Å². The number of nitrogens with one attached hydrogen (secondary N) is 1. The first kappa shape index (κ1) is 21.0. The second-order valence-corrected chi connectivity index (χ2v) is 6.98. The van der Waals surface area contributed by atoms with E-state index in [0.717, 1.165) is 0 Å². The fourth-order valence-corrected chi connectivity index (χ4v) is 2.91. The maximum atomic E-state index is 13.0. The van der Waals surface area contributed by atoms with Gasteiger partial charge >= 0.3 is 5.97 Å². The zero-order valence-electron chi connectivity index (χ0n) is 17.1. The molecule has 0 aliphatic rings. The Morgan fingerprint density at radius 2 is 1.84 bits per heavy atom. The molecule has 4 aromatic rings. The summed E-state index contributed by atoms with van der Waals surface area (Å²) in [6.45, 7) is 0. The van der Waals surface area contributed by atoms with Gasteiger partial charge in [-0.05, 0) is 48.5 Å². The molecule has 2 heterocycles. The van der Waals surface area contributed by atoms with E-state index in [1.165, 1.54) is 24.5 Å². The van der Waals surface area contributed by atoms with Crippen molar-refractivity contribution in [2.75, 3.05) is 5.32 Å². The number of halogens is 1. The van der Waals surface area contributed by atoms with Gasteiger partial charge in [-0.25, -0.2) is 9.37 Å². The van der Waals surface area contributed by atoms with Crippen molar-refractivity contribution in [2.45, 2.75) is 12.8 Å². The first-order valence-corrected chi connectivity index (χ1v) is 9.78. The summed E-state index contributed by atoms with van der Waals surface area (Å²) in [5.74, 6) is 0.174. The van der Waals surface area contributed by atoms with Crippen molar-refractivity contribution in [1.82, 2.24) is 14.8 Å². The molecule has 9 heteroatoms. The molecule has 2 aromatic heterocycles. The summed E-state index contributed by atoms with van der Waals surface area (Å²) >= 11 is 0. The van der Waals surface area contributed by atoms with Crippen LogP contribution < -0.4 is 10.1 Å². The summed E-state index contributed by atoms with van der Waals surface area (Å²) < 4.78 is 25.5. The quantitative estimate of drug-likeness (QED) is 0.349. The van der Waals surface area contributed by atoms with Crippen LogP contribution in [0.25, 0.3) is 11.3 Å². The highest BCUT2D eigenvalue weighted by atomic mass is 19.1. The smallest absolute Gasteiger partial charge is 0.311 e. The largest absolute Gasteiger partial charge is 0.441 e. The van der Waals surface area contributed by atoms with E-state index in [-0.39, 0.29) is 24.6 Å². The highest BCUT2D eigenvalue weighted by Crippen LogP contribution is 2.22. The number of nitrogens with zero attached hydrogens (tertiary/aromatic N) is 3. The molecule has 0 unspecified atom stereocenters. The van der Waals surface area contributed by atoms with Crippen LogP contribution in [0.15, 0.2) is 71.5 Å². The lowest BCUT2D eigenvalue weighted by atomic mass is 10.2.